The van der Waals surface area contributed by atoms with Crippen molar-refractivity contribution in [2.24, 2.45) is 0 Å². The van der Waals surface area contributed by atoms with E-state index in [0.29, 0.717) is 0 Å². The van der Waals surface area contributed by atoms with Crippen molar-refractivity contribution in [1.29, 1.82) is 0 Å². The molecule has 0 spiro atoms. The van der Waals surface area contributed by atoms with Gasteiger partial charge < -0.3 is 9.80 Å². The monoisotopic (exact) mass is 628 g/mol. The predicted octanol–water partition coefficient (Wildman–Crippen LogP) is 10.3. The molecule has 5 aromatic rings. The molecule has 0 saturated heterocycles. The fourth-order valence-electron chi connectivity index (χ4n) is 9.08. The molecule has 0 N–H and O–H groups in total. The summed E-state index contributed by atoms with van der Waals surface area (Å²) in [5.41, 5.74) is 10.8. The fraction of sp³-hybridized carbons (Fsp3) is 0.267. The van der Waals surface area contributed by atoms with Gasteiger partial charge in [0, 0.05) is 65.3 Å². The summed E-state index contributed by atoms with van der Waals surface area (Å²) in [5.74, 6) is 0. The summed E-state index contributed by atoms with van der Waals surface area (Å²) >= 11 is 0. The molecule has 3 heterocycles. The van der Waals surface area contributed by atoms with Gasteiger partial charge in [-0.1, -0.05) is 113 Å². The number of benzene rings is 4. The average molecular weight is 629 g/mol. The summed E-state index contributed by atoms with van der Waals surface area (Å²) in [6.45, 7) is 9.59. The third kappa shape index (κ3) is 4.66. The van der Waals surface area contributed by atoms with Crippen molar-refractivity contribution in [1.82, 2.24) is 0 Å². The lowest BCUT2D eigenvalue weighted by atomic mass is 9.78. The van der Waals surface area contributed by atoms with Gasteiger partial charge in [0.2, 0.25) is 5.70 Å². The molecule has 0 bridgehead atoms. The molecule has 0 saturated carbocycles. The van der Waals surface area contributed by atoms with Crippen LogP contribution in [0.4, 0.5) is 11.4 Å². The van der Waals surface area contributed by atoms with Gasteiger partial charge in [-0.25, -0.2) is 0 Å². The standard InChI is InChI=1S/C45H46N3/c1-44(2)39(46(5)37-25-21-31-15-8-10-19-35(31)41(37)44)27-23-33-17-14-18-34(43(33)48-29-12-7-13-30-48)24-28-40-45(3,4)42-36-20-11-9-16-32(36)22-26-38(42)47(40)6/h7-13,15-16,19-30,39H,14,17-18H2,1-6H3/q+1. The molecule has 1 aliphatic carbocycles. The molecule has 1 atom stereocenters. The van der Waals surface area contributed by atoms with Gasteiger partial charge in [-0.2, -0.15) is 4.57 Å². The van der Waals surface area contributed by atoms with Gasteiger partial charge in [-0.05, 0) is 70.1 Å². The van der Waals surface area contributed by atoms with E-state index < -0.39 is 0 Å². The fourth-order valence-corrected chi connectivity index (χ4v) is 9.08. The Kier molecular flexibility index (Phi) is 7.21. The second-order valence-corrected chi connectivity index (χ2v) is 14.9. The number of nitrogens with zero attached hydrogens (tertiary/aromatic N) is 3. The zero-order valence-electron chi connectivity index (χ0n) is 29.2. The Morgan fingerprint density at radius 1 is 0.688 bits per heavy atom. The number of pyridine rings is 1. The molecule has 0 fully saturated rings. The van der Waals surface area contributed by atoms with Crippen molar-refractivity contribution < 1.29 is 4.57 Å². The third-order valence-electron chi connectivity index (χ3n) is 11.4. The smallest absolute Gasteiger partial charge is 0.216 e. The first-order valence-electron chi connectivity index (χ1n) is 17.5. The van der Waals surface area contributed by atoms with Gasteiger partial charge in [0.15, 0.2) is 12.4 Å². The summed E-state index contributed by atoms with van der Waals surface area (Å²) in [6.07, 6.45) is 17.4. The molecule has 1 unspecified atom stereocenters. The molecule has 48 heavy (non-hydrogen) atoms. The summed E-state index contributed by atoms with van der Waals surface area (Å²) in [7, 11) is 4.49. The highest BCUT2D eigenvalue weighted by atomic mass is 15.2. The molecular formula is C45H46N3+. The highest BCUT2D eigenvalue weighted by molar-refractivity contribution is 5.95. The van der Waals surface area contributed by atoms with Crippen LogP contribution in [-0.2, 0) is 10.8 Å². The number of fused-ring (bicyclic) bond motifs is 6. The number of hydrogen-bond acceptors (Lipinski definition) is 2. The van der Waals surface area contributed by atoms with Crippen molar-refractivity contribution in [3.8, 4) is 0 Å². The van der Waals surface area contributed by atoms with Crippen molar-refractivity contribution in [2.75, 3.05) is 23.9 Å². The van der Waals surface area contributed by atoms with Crippen LogP contribution in [-0.4, -0.2) is 20.1 Å². The maximum Gasteiger partial charge on any atom is 0.216 e. The highest BCUT2D eigenvalue weighted by Gasteiger charge is 2.43. The van der Waals surface area contributed by atoms with Crippen LogP contribution in [0.2, 0.25) is 0 Å². The van der Waals surface area contributed by atoms with E-state index in [1.165, 1.54) is 66.6 Å². The summed E-state index contributed by atoms with van der Waals surface area (Å²) in [6, 6.07) is 33.4. The summed E-state index contributed by atoms with van der Waals surface area (Å²) < 4.78 is 2.33. The normalized spacial score (nSPS) is 21.7. The van der Waals surface area contributed by atoms with Gasteiger partial charge >= 0.3 is 0 Å². The first kappa shape index (κ1) is 30.4. The van der Waals surface area contributed by atoms with Gasteiger partial charge in [0.1, 0.15) is 0 Å². The van der Waals surface area contributed by atoms with Gasteiger partial charge in [-0.15, -0.1) is 0 Å². The second kappa shape index (κ2) is 11.4. The van der Waals surface area contributed by atoms with Crippen LogP contribution >= 0.6 is 0 Å². The van der Waals surface area contributed by atoms with E-state index in [2.05, 4.69) is 184 Å². The lowest BCUT2D eigenvalue weighted by molar-refractivity contribution is -0.580. The largest absolute Gasteiger partial charge is 0.367 e. The zero-order valence-corrected chi connectivity index (χ0v) is 29.2. The van der Waals surface area contributed by atoms with Gasteiger partial charge in [0.25, 0.3) is 0 Å². The number of aromatic nitrogens is 1. The van der Waals surface area contributed by atoms with Gasteiger partial charge in [-0.3, -0.25) is 0 Å². The Balaban J connectivity index is 1.20. The molecule has 8 rings (SSSR count). The Bertz CT molecular complexity index is 2190. The molecule has 0 amide bonds. The lowest BCUT2D eigenvalue weighted by Crippen LogP contribution is -2.38. The number of likely N-dealkylation sites (N-methyl/N-ethyl adjacent to an activating group) is 2. The van der Waals surface area contributed by atoms with E-state index in [0.717, 1.165) is 19.3 Å². The van der Waals surface area contributed by atoms with Crippen LogP contribution < -0.4 is 14.4 Å². The van der Waals surface area contributed by atoms with Crippen LogP contribution in [0.3, 0.4) is 0 Å². The Hall–Kier alpha value is -4.89. The van der Waals surface area contributed by atoms with Crippen molar-refractivity contribution in [3.05, 3.63) is 156 Å². The maximum absolute atomic E-state index is 2.48. The quantitative estimate of drug-likeness (QED) is 0.183. The minimum atomic E-state index is -0.110. The Labute approximate surface area is 285 Å². The first-order chi connectivity index (χ1) is 23.2. The molecule has 3 aliphatic rings. The second-order valence-electron chi connectivity index (χ2n) is 14.9. The van der Waals surface area contributed by atoms with E-state index in [1.54, 1.807) is 0 Å². The van der Waals surface area contributed by atoms with Crippen LogP contribution in [0.5, 0.6) is 0 Å². The molecular weight excluding hydrogens is 583 g/mol. The molecule has 4 aromatic carbocycles. The van der Waals surface area contributed by atoms with E-state index in [1.807, 2.05) is 0 Å². The SMILES string of the molecule is CN1C(=CC=C2CCCC(C=CC3N(C)c4ccc5ccccc5c4C3(C)C)=C2[n+]2ccccc2)C(C)(C)c2c1ccc1ccccc21. The summed E-state index contributed by atoms with van der Waals surface area (Å²) in [5, 5.41) is 5.34. The van der Waals surface area contributed by atoms with E-state index in [-0.39, 0.29) is 16.9 Å². The van der Waals surface area contributed by atoms with Crippen LogP contribution in [0.1, 0.15) is 58.1 Å². The van der Waals surface area contributed by atoms with Crippen LogP contribution in [0.25, 0.3) is 27.2 Å². The maximum atomic E-state index is 2.48. The predicted molar refractivity (Wildman–Crippen MR) is 204 cm³/mol. The molecule has 3 heteroatoms. The number of rotatable bonds is 4. The lowest BCUT2D eigenvalue weighted by Gasteiger charge is -2.30. The molecule has 0 radical (unpaired) electrons. The molecule has 3 nitrogen and oxygen atoms in total. The third-order valence-corrected chi connectivity index (χ3v) is 11.4. The Morgan fingerprint density at radius 2 is 1.33 bits per heavy atom. The number of allylic oxidation sites excluding steroid dienone is 7. The zero-order chi connectivity index (χ0) is 33.2. The van der Waals surface area contributed by atoms with Crippen molar-refractivity contribution in [3.63, 3.8) is 0 Å². The minimum absolute atomic E-state index is 0.0301. The van der Waals surface area contributed by atoms with Crippen LogP contribution in [0.15, 0.2) is 145 Å². The number of anilines is 2. The highest BCUT2D eigenvalue weighted by Crippen LogP contribution is 2.51. The first-order valence-corrected chi connectivity index (χ1v) is 17.5. The minimum Gasteiger partial charge on any atom is -0.367 e. The van der Waals surface area contributed by atoms with E-state index >= 15 is 0 Å². The average Bonchev–Trinajstić information content (AvgIpc) is 3.43. The molecule has 2 aliphatic heterocycles. The number of hydrogen-bond donors (Lipinski definition) is 0. The van der Waals surface area contributed by atoms with Crippen LogP contribution in [0, 0.1) is 0 Å². The van der Waals surface area contributed by atoms with E-state index in [9.17, 15) is 0 Å². The summed E-state index contributed by atoms with van der Waals surface area (Å²) in [4.78, 5) is 4.89. The van der Waals surface area contributed by atoms with Gasteiger partial charge in [0.05, 0.1) is 6.04 Å². The van der Waals surface area contributed by atoms with E-state index in [4.69, 9.17) is 0 Å². The Morgan fingerprint density at radius 3 is 2.04 bits per heavy atom. The topological polar surface area (TPSA) is 10.4 Å². The molecule has 240 valence electrons. The van der Waals surface area contributed by atoms with Crippen molar-refractivity contribution >= 4 is 38.6 Å². The van der Waals surface area contributed by atoms with Crippen molar-refractivity contribution in [2.45, 2.75) is 63.8 Å². The molecule has 1 aromatic heterocycles.